The summed E-state index contributed by atoms with van der Waals surface area (Å²) in [4.78, 5) is 18.3. The molecule has 8 aromatic rings. The molecule has 0 bridgehead atoms. The van der Waals surface area contributed by atoms with Gasteiger partial charge in [-0.1, -0.05) is 127 Å². The van der Waals surface area contributed by atoms with Crippen LogP contribution in [-0.2, 0) is 25.6 Å². The van der Waals surface area contributed by atoms with E-state index in [1.807, 2.05) is 109 Å². The molecule has 2 fully saturated rings. The molecule has 2 aliphatic heterocycles. The molecule has 2 aromatic heterocycles. The molecule has 4 heterocycles. The van der Waals surface area contributed by atoms with Gasteiger partial charge in [0, 0.05) is 22.5 Å². The number of carbonyl (C=O) groups is 1. The molecule has 57 heavy (non-hydrogen) atoms. The number of amides is 1. The normalized spacial score (nSPS) is 22.0. The van der Waals surface area contributed by atoms with Crippen LogP contribution in [0, 0.1) is 0 Å². The number of pyridine rings is 1. The molecular formula is C46H37N2O8P. The summed E-state index contributed by atoms with van der Waals surface area (Å²) in [6, 6.07) is 48.2. The van der Waals surface area contributed by atoms with Gasteiger partial charge in [-0.15, -0.1) is 0 Å². The van der Waals surface area contributed by atoms with Crippen LogP contribution in [0.25, 0.3) is 43.5 Å². The Balaban J connectivity index is 1.13. The average Bonchev–Trinajstić information content (AvgIpc) is 3.44. The number of benzene rings is 6. The number of nitrogens with one attached hydrogen (secondary N) is 1. The van der Waals surface area contributed by atoms with Gasteiger partial charge in [0.2, 0.25) is 0 Å². The maximum atomic E-state index is 14.0. The van der Waals surface area contributed by atoms with Crippen LogP contribution < -0.4 is 9.84 Å². The standard InChI is InChI=1S/C46H37N2O8P/c49-44(35-21-11-12-26-47-35)48-41-43(42-38(28-51-45(53-42)32-17-5-2-6-18-32)52-46(41)50-27-29-13-3-1-4-14-29)56-57-54-36-24-22-30-15-7-9-19-33(30)39(36)40-34-20-10-8-16-31(34)23-25-37(40)55-57/h1-26,38,41-43,45-46H,27-28H2,(H,48,49)/t38-,41-,42-,43-,45?,46?/m1/s1. The molecule has 6 aromatic carbocycles. The van der Waals surface area contributed by atoms with Gasteiger partial charge in [-0.05, 0) is 51.4 Å². The molecule has 0 spiro atoms. The summed E-state index contributed by atoms with van der Waals surface area (Å²) in [5.74, 6) is -0.430. The predicted octanol–water partition coefficient (Wildman–Crippen LogP) is 9.64. The van der Waals surface area contributed by atoms with E-state index in [4.69, 9.17) is 31.9 Å². The first-order chi connectivity index (χ1) is 28.2. The Bertz CT molecular complexity index is 2630. The number of ether oxygens (including phenoxy) is 4. The molecule has 2 saturated heterocycles. The van der Waals surface area contributed by atoms with Crippen molar-refractivity contribution in [2.24, 2.45) is 0 Å². The van der Waals surface area contributed by atoms with E-state index < -0.39 is 51.1 Å². The van der Waals surface area contributed by atoms with Crippen LogP contribution in [0.3, 0.4) is 0 Å². The zero-order valence-corrected chi connectivity index (χ0v) is 31.4. The minimum absolute atomic E-state index is 0.180. The lowest BCUT2D eigenvalue weighted by molar-refractivity contribution is -0.339. The molecule has 0 radical (unpaired) electrons. The van der Waals surface area contributed by atoms with Gasteiger partial charge in [0.15, 0.2) is 12.6 Å². The fraction of sp³-hybridized carbons (Fsp3) is 0.174. The van der Waals surface area contributed by atoms with Gasteiger partial charge in [0.05, 0.1) is 13.2 Å². The van der Waals surface area contributed by atoms with Crippen LogP contribution in [0.2, 0.25) is 0 Å². The Labute approximate surface area is 328 Å². The topological polar surface area (TPSA) is 114 Å². The summed E-state index contributed by atoms with van der Waals surface area (Å²) in [6.07, 6.45) is -2.43. The number of carbonyl (C=O) groups excluding carboxylic acids is 1. The monoisotopic (exact) mass is 776 g/mol. The van der Waals surface area contributed by atoms with Gasteiger partial charge in [0.25, 0.3) is 5.91 Å². The molecular weight excluding hydrogens is 739 g/mol. The second-order valence-electron chi connectivity index (χ2n) is 14.0. The fourth-order valence-corrected chi connectivity index (χ4v) is 8.94. The van der Waals surface area contributed by atoms with Crippen LogP contribution in [0.15, 0.2) is 166 Å². The molecule has 10 nitrogen and oxygen atoms in total. The molecule has 11 heteroatoms. The fourth-order valence-electron chi connectivity index (χ4n) is 7.74. The smallest absolute Gasteiger partial charge is 0.387 e. The second-order valence-corrected chi connectivity index (χ2v) is 15.0. The minimum atomic E-state index is -2.18. The van der Waals surface area contributed by atoms with E-state index in [-0.39, 0.29) is 18.9 Å². The van der Waals surface area contributed by atoms with Gasteiger partial charge in [-0.25, -0.2) is 0 Å². The summed E-state index contributed by atoms with van der Waals surface area (Å²) in [6.45, 7) is 0.391. The number of rotatable bonds is 8. The Morgan fingerprint density at radius 1 is 0.702 bits per heavy atom. The lowest BCUT2D eigenvalue weighted by Crippen LogP contribution is -2.68. The highest BCUT2D eigenvalue weighted by molar-refractivity contribution is 7.31. The van der Waals surface area contributed by atoms with Crippen molar-refractivity contribution in [2.45, 2.75) is 43.5 Å². The first kappa shape index (κ1) is 35.6. The minimum Gasteiger partial charge on any atom is -0.399 e. The van der Waals surface area contributed by atoms with Gasteiger partial charge in [0.1, 0.15) is 41.2 Å². The summed E-state index contributed by atoms with van der Waals surface area (Å²) >= 11 is 0. The number of nitrogens with zero attached hydrogens (tertiary/aromatic N) is 1. The van der Waals surface area contributed by atoms with E-state index in [0.29, 0.717) is 11.2 Å². The quantitative estimate of drug-likeness (QED) is 0.161. The first-order valence-corrected chi connectivity index (χ1v) is 20.0. The van der Waals surface area contributed by atoms with Crippen molar-refractivity contribution in [2.75, 3.05) is 6.61 Å². The highest BCUT2D eigenvalue weighted by Gasteiger charge is 2.53. The van der Waals surface area contributed by atoms with Crippen LogP contribution in [-0.4, -0.2) is 48.1 Å². The van der Waals surface area contributed by atoms with Crippen molar-refractivity contribution in [1.82, 2.24) is 10.3 Å². The summed E-state index contributed by atoms with van der Waals surface area (Å²) in [7, 11) is -2.18. The highest BCUT2D eigenvalue weighted by Crippen LogP contribution is 2.43. The van der Waals surface area contributed by atoms with Crippen LogP contribution in [0.5, 0.6) is 0 Å². The Morgan fingerprint density at radius 3 is 2.00 bits per heavy atom. The molecule has 10 rings (SSSR count). The van der Waals surface area contributed by atoms with Gasteiger partial charge >= 0.3 is 8.24 Å². The molecule has 2 unspecified atom stereocenters. The van der Waals surface area contributed by atoms with Gasteiger partial charge in [-0.2, -0.15) is 0 Å². The van der Waals surface area contributed by atoms with Crippen LogP contribution in [0.4, 0.5) is 0 Å². The third-order valence-corrected chi connectivity index (χ3v) is 11.6. The zero-order valence-electron chi connectivity index (χ0n) is 30.5. The maximum absolute atomic E-state index is 14.0. The lowest BCUT2D eigenvalue weighted by atomic mass is 9.95. The average molecular weight is 777 g/mol. The Hall–Kier alpha value is -5.84. The van der Waals surface area contributed by atoms with Gasteiger partial charge in [-0.3, -0.25) is 14.3 Å². The van der Waals surface area contributed by atoms with Crippen LogP contribution >= 0.6 is 8.24 Å². The van der Waals surface area contributed by atoms with Gasteiger partial charge < -0.3 is 32.7 Å². The van der Waals surface area contributed by atoms with Crippen molar-refractivity contribution in [3.63, 3.8) is 0 Å². The summed E-state index contributed by atoms with van der Waals surface area (Å²) in [5.41, 5.74) is 3.22. The molecule has 284 valence electrons. The molecule has 1 N–H and O–H groups in total. The van der Waals surface area contributed by atoms with Crippen molar-refractivity contribution in [3.05, 3.63) is 175 Å². The molecule has 6 atom stereocenters. The number of aromatic nitrogens is 1. The number of hydrogen-bond donors (Lipinski definition) is 1. The van der Waals surface area contributed by atoms with E-state index in [1.54, 1.807) is 24.4 Å². The largest absolute Gasteiger partial charge is 0.399 e. The SMILES string of the molecule is O=C(N[C@H]1C(OCc2ccccc2)O[C@@H]2COC(c3ccccc3)O[C@H]2[C@@H]1Op1oc2ccc3ccccc3c2c2c(ccc3ccccc32)o1)c1ccccn1. The van der Waals surface area contributed by atoms with Crippen molar-refractivity contribution in [1.29, 1.82) is 0 Å². The Kier molecular flexibility index (Phi) is 9.73. The van der Waals surface area contributed by atoms with E-state index in [2.05, 4.69) is 34.6 Å². The van der Waals surface area contributed by atoms with Crippen molar-refractivity contribution >= 4 is 57.6 Å². The number of hydrogen-bond acceptors (Lipinski definition) is 9. The van der Waals surface area contributed by atoms with Crippen LogP contribution in [0.1, 0.15) is 27.9 Å². The van der Waals surface area contributed by atoms with E-state index in [1.165, 1.54) is 0 Å². The van der Waals surface area contributed by atoms with E-state index in [0.717, 1.165) is 43.4 Å². The summed E-state index contributed by atoms with van der Waals surface area (Å²) < 4.78 is 46.9. The first-order valence-electron chi connectivity index (χ1n) is 18.9. The lowest BCUT2D eigenvalue weighted by Gasteiger charge is -2.48. The zero-order chi connectivity index (χ0) is 38.1. The highest BCUT2D eigenvalue weighted by atomic mass is 31.1. The van der Waals surface area contributed by atoms with E-state index in [9.17, 15) is 4.79 Å². The molecule has 0 saturated carbocycles. The molecule has 2 aliphatic rings. The second kappa shape index (κ2) is 15.6. The third kappa shape index (κ3) is 7.08. The van der Waals surface area contributed by atoms with E-state index >= 15 is 0 Å². The maximum Gasteiger partial charge on any atom is 0.387 e. The predicted molar refractivity (Wildman–Crippen MR) is 217 cm³/mol. The summed E-state index contributed by atoms with van der Waals surface area (Å²) in [5, 5.41) is 9.15. The third-order valence-electron chi connectivity index (χ3n) is 10.4. The Morgan fingerprint density at radius 2 is 1.33 bits per heavy atom. The van der Waals surface area contributed by atoms with Crippen molar-refractivity contribution in [3.8, 4) is 0 Å². The molecule has 0 aliphatic carbocycles. The van der Waals surface area contributed by atoms with Crippen molar-refractivity contribution < 1.29 is 36.7 Å². The number of fused-ring (bicyclic) bond motifs is 8. The molecule has 1 amide bonds.